The standard InChI is InChI=1S/C23H20N4OS/c1-4-14-9-16(12(2)10-24-14)18-6-5-15-17(27-18)7-8-19-20(15)21-22(29-19)23(28)26-13(3)11-25-21/h4-10,13,25H,1,11H2,2-3H3,(H,26,28)/t13-/m1/s1. The van der Waals surface area contributed by atoms with Gasteiger partial charge in [0.05, 0.1) is 22.6 Å². The van der Waals surface area contributed by atoms with Crippen LogP contribution in [0.4, 0.5) is 5.69 Å². The second kappa shape index (κ2) is 6.67. The summed E-state index contributed by atoms with van der Waals surface area (Å²) in [7, 11) is 0. The van der Waals surface area contributed by atoms with E-state index in [1.54, 1.807) is 6.08 Å². The number of nitrogens with one attached hydrogen (secondary N) is 2. The first-order valence-corrected chi connectivity index (χ1v) is 10.4. The van der Waals surface area contributed by atoms with Crippen LogP contribution in [0.3, 0.4) is 0 Å². The molecule has 0 spiro atoms. The van der Waals surface area contributed by atoms with Crippen molar-refractivity contribution >= 4 is 50.0 Å². The van der Waals surface area contributed by atoms with Crippen LogP contribution in [-0.4, -0.2) is 28.5 Å². The fourth-order valence-corrected chi connectivity index (χ4v) is 4.90. The Morgan fingerprint density at radius 1 is 1.28 bits per heavy atom. The molecule has 1 aliphatic rings. The fourth-order valence-electron chi connectivity index (χ4n) is 3.80. The van der Waals surface area contributed by atoms with Crippen molar-refractivity contribution in [3.8, 4) is 11.3 Å². The van der Waals surface area contributed by atoms with Crippen molar-refractivity contribution in [2.45, 2.75) is 19.9 Å². The highest BCUT2D eigenvalue weighted by Gasteiger charge is 2.24. The van der Waals surface area contributed by atoms with Crippen molar-refractivity contribution in [2.24, 2.45) is 0 Å². The molecule has 1 atom stereocenters. The SMILES string of the molecule is C=Cc1cc(-c2ccc3c(ccc4sc5c(c43)NC[C@@H](C)NC5=O)n2)c(C)cn1. The molecule has 144 valence electrons. The van der Waals surface area contributed by atoms with E-state index in [9.17, 15) is 4.79 Å². The van der Waals surface area contributed by atoms with E-state index in [4.69, 9.17) is 4.98 Å². The van der Waals surface area contributed by atoms with Gasteiger partial charge in [0, 0.05) is 39.8 Å². The molecule has 0 saturated heterocycles. The third-order valence-electron chi connectivity index (χ3n) is 5.30. The maximum Gasteiger partial charge on any atom is 0.263 e. The molecule has 0 saturated carbocycles. The highest BCUT2D eigenvalue weighted by Crippen LogP contribution is 2.41. The number of hydrogen-bond donors (Lipinski definition) is 2. The maximum atomic E-state index is 12.6. The normalized spacial score (nSPS) is 16.2. The smallest absolute Gasteiger partial charge is 0.263 e. The average Bonchev–Trinajstić information content (AvgIpc) is 3.05. The maximum absolute atomic E-state index is 12.6. The summed E-state index contributed by atoms with van der Waals surface area (Å²) in [6.45, 7) is 8.55. The lowest BCUT2D eigenvalue weighted by Crippen LogP contribution is -2.34. The lowest BCUT2D eigenvalue weighted by atomic mass is 10.0. The molecule has 1 amide bonds. The minimum atomic E-state index is -0.0132. The zero-order chi connectivity index (χ0) is 20.1. The topological polar surface area (TPSA) is 66.9 Å². The van der Waals surface area contributed by atoms with Gasteiger partial charge in [-0.2, -0.15) is 0 Å². The molecule has 0 aliphatic carbocycles. The molecule has 0 bridgehead atoms. The van der Waals surface area contributed by atoms with Gasteiger partial charge >= 0.3 is 0 Å². The van der Waals surface area contributed by atoms with Gasteiger partial charge in [0.1, 0.15) is 4.88 Å². The molecule has 4 heterocycles. The summed E-state index contributed by atoms with van der Waals surface area (Å²) in [5, 5.41) is 8.63. The summed E-state index contributed by atoms with van der Waals surface area (Å²) in [4.78, 5) is 22.6. The zero-order valence-electron chi connectivity index (χ0n) is 16.2. The first-order valence-electron chi connectivity index (χ1n) is 9.55. The number of aromatic nitrogens is 2. The number of aryl methyl sites for hydroxylation is 1. The van der Waals surface area contributed by atoms with Gasteiger partial charge < -0.3 is 10.6 Å². The number of rotatable bonds is 2. The van der Waals surface area contributed by atoms with Gasteiger partial charge in [-0.1, -0.05) is 6.58 Å². The molecular weight excluding hydrogens is 380 g/mol. The number of carbonyl (C=O) groups excluding carboxylic acids is 1. The molecule has 5 rings (SSSR count). The average molecular weight is 401 g/mol. The van der Waals surface area contributed by atoms with Gasteiger partial charge in [-0.05, 0) is 55.8 Å². The summed E-state index contributed by atoms with van der Waals surface area (Å²) < 4.78 is 1.09. The molecule has 0 radical (unpaired) electrons. The molecule has 2 N–H and O–H groups in total. The van der Waals surface area contributed by atoms with E-state index in [0.717, 1.165) is 54.1 Å². The minimum Gasteiger partial charge on any atom is -0.381 e. The Morgan fingerprint density at radius 3 is 2.97 bits per heavy atom. The fraction of sp³-hybridized carbons (Fsp3) is 0.174. The van der Waals surface area contributed by atoms with Crippen LogP contribution < -0.4 is 10.6 Å². The summed E-state index contributed by atoms with van der Waals surface area (Å²) in [6, 6.07) is 10.3. The summed E-state index contributed by atoms with van der Waals surface area (Å²) in [5.41, 5.74) is 5.68. The van der Waals surface area contributed by atoms with Gasteiger partial charge in [0.2, 0.25) is 0 Å². The van der Waals surface area contributed by atoms with Gasteiger partial charge in [0.15, 0.2) is 0 Å². The minimum absolute atomic E-state index is 0.0132. The molecule has 6 heteroatoms. The van der Waals surface area contributed by atoms with E-state index in [1.165, 1.54) is 11.3 Å². The molecule has 0 fully saturated rings. The van der Waals surface area contributed by atoms with Crippen LogP contribution in [0.5, 0.6) is 0 Å². The first kappa shape index (κ1) is 17.8. The van der Waals surface area contributed by atoms with Crippen LogP contribution in [0, 0.1) is 6.92 Å². The van der Waals surface area contributed by atoms with Gasteiger partial charge in [-0.25, -0.2) is 4.98 Å². The van der Waals surface area contributed by atoms with E-state index < -0.39 is 0 Å². The Balaban J connectivity index is 1.72. The monoisotopic (exact) mass is 400 g/mol. The van der Waals surface area contributed by atoms with Crippen molar-refractivity contribution < 1.29 is 4.79 Å². The number of nitrogens with zero attached hydrogens (tertiary/aromatic N) is 2. The van der Waals surface area contributed by atoms with E-state index in [1.807, 2.05) is 38.2 Å². The van der Waals surface area contributed by atoms with Gasteiger partial charge in [-0.15, -0.1) is 11.3 Å². The van der Waals surface area contributed by atoms with Gasteiger partial charge in [-0.3, -0.25) is 9.78 Å². The Hall–Kier alpha value is -3.25. The zero-order valence-corrected chi connectivity index (χ0v) is 17.1. The van der Waals surface area contributed by atoms with Crippen molar-refractivity contribution in [2.75, 3.05) is 11.9 Å². The van der Waals surface area contributed by atoms with Crippen molar-refractivity contribution in [3.05, 3.63) is 59.2 Å². The Labute approximate surface area is 172 Å². The largest absolute Gasteiger partial charge is 0.381 e. The first-order chi connectivity index (χ1) is 14.0. The van der Waals surface area contributed by atoms with Crippen molar-refractivity contribution in [3.63, 3.8) is 0 Å². The highest BCUT2D eigenvalue weighted by atomic mass is 32.1. The highest BCUT2D eigenvalue weighted by molar-refractivity contribution is 7.21. The van der Waals surface area contributed by atoms with Crippen LogP contribution in [0.2, 0.25) is 0 Å². The molecule has 1 aromatic carbocycles. The number of benzene rings is 1. The lowest BCUT2D eigenvalue weighted by molar-refractivity contribution is 0.0949. The molecule has 5 nitrogen and oxygen atoms in total. The number of fused-ring (bicyclic) bond motifs is 5. The van der Waals surface area contributed by atoms with Crippen LogP contribution >= 0.6 is 11.3 Å². The van der Waals surface area contributed by atoms with E-state index in [-0.39, 0.29) is 11.9 Å². The van der Waals surface area contributed by atoms with E-state index in [2.05, 4.69) is 34.3 Å². The predicted octanol–water partition coefficient (Wildman–Crippen LogP) is 5.01. The lowest BCUT2D eigenvalue weighted by Gasteiger charge is -2.11. The number of thiophene rings is 1. The number of anilines is 1. The molecular formula is C23H20N4OS. The van der Waals surface area contributed by atoms with Crippen molar-refractivity contribution in [1.82, 2.24) is 15.3 Å². The number of amides is 1. The van der Waals surface area contributed by atoms with Gasteiger partial charge in [0.25, 0.3) is 5.91 Å². The molecule has 3 aromatic heterocycles. The molecule has 4 aromatic rings. The van der Waals surface area contributed by atoms with Crippen LogP contribution in [0.25, 0.3) is 38.3 Å². The van der Waals surface area contributed by atoms with Crippen molar-refractivity contribution in [1.29, 1.82) is 0 Å². The summed E-state index contributed by atoms with van der Waals surface area (Å²) >= 11 is 1.52. The summed E-state index contributed by atoms with van der Waals surface area (Å²) in [5.74, 6) is -0.0132. The van der Waals surface area contributed by atoms with Crippen LogP contribution in [-0.2, 0) is 0 Å². The molecule has 29 heavy (non-hydrogen) atoms. The number of pyridine rings is 2. The van der Waals surface area contributed by atoms with E-state index >= 15 is 0 Å². The van der Waals surface area contributed by atoms with Crippen LogP contribution in [0.15, 0.2) is 43.1 Å². The Bertz CT molecular complexity index is 1310. The summed E-state index contributed by atoms with van der Waals surface area (Å²) in [6.07, 6.45) is 3.59. The third-order valence-corrected chi connectivity index (χ3v) is 6.45. The van der Waals surface area contributed by atoms with Crippen LogP contribution in [0.1, 0.15) is 27.9 Å². The van der Waals surface area contributed by atoms with E-state index in [0.29, 0.717) is 6.54 Å². The third kappa shape index (κ3) is 2.87. The predicted molar refractivity (Wildman–Crippen MR) is 121 cm³/mol. The number of hydrogen-bond acceptors (Lipinski definition) is 5. The molecule has 1 aliphatic heterocycles. The second-order valence-corrected chi connectivity index (χ2v) is 8.44. The Kier molecular flexibility index (Phi) is 4.10. The quantitative estimate of drug-likeness (QED) is 0.497. The Morgan fingerprint density at radius 2 is 2.14 bits per heavy atom. The molecule has 0 unspecified atom stereocenters. The number of carbonyl (C=O) groups is 1. The second-order valence-electron chi connectivity index (χ2n) is 7.39.